The number of nitrogens with two attached hydrogens (primary N) is 2. The van der Waals surface area contributed by atoms with Gasteiger partial charge in [-0.3, -0.25) is 57.5 Å². The molecule has 0 unspecified atom stereocenters. The molecule has 0 heterocycles. The average Bonchev–Trinajstić information content (AvgIpc) is 3.26. The standard InChI is InChI=1S/C42H70N10O19S/c1-17(2)13-24(49-40(68)32(44)19(5)53)37(65)46-21(7-10-28(43)55)35(63)48-25(15-31(60)61)38(66)52-33(20(6)54)41(69)51-27(16-72)39(67)47-22(8-11-29(56)57)34(62)45-23(9-12-30(58)59)36(64)50-26(42(70)71)14-18(3)4/h17-27,32-33,53-54,72H,7-16,44H2,1-6H3,(H2,43,55)(H,45,62)(H,46,65)(H,47,67)(H,48,63)(H,49,68)(H,50,64)(H,51,69)(H,52,66)(H,56,57)(H,58,59)(H,60,61)(H,70,71)/t19-,20-,21+,22+,23+,24+,25+,26+,27+,32+,33+/m1/s1. The first-order chi connectivity index (χ1) is 33.3. The lowest BCUT2D eigenvalue weighted by Crippen LogP contribution is -2.62. The zero-order valence-electron chi connectivity index (χ0n) is 40.7. The monoisotopic (exact) mass is 1050 g/mol. The Hall–Kier alpha value is -6.66. The van der Waals surface area contributed by atoms with Gasteiger partial charge >= 0.3 is 23.9 Å². The molecule has 0 saturated heterocycles. The molecule has 0 aliphatic carbocycles. The lowest BCUT2D eigenvalue weighted by molar-refractivity contribution is -0.143. The number of carbonyl (C=O) groups is 13. The highest BCUT2D eigenvalue weighted by Gasteiger charge is 2.37. The quantitative estimate of drug-likeness (QED) is 0.0263. The molecule has 18 N–H and O–H groups in total. The Morgan fingerprint density at radius 1 is 0.431 bits per heavy atom. The molecule has 0 rings (SSSR count). The highest BCUT2D eigenvalue weighted by Crippen LogP contribution is 2.11. The third-order valence-electron chi connectivity index (χ3n) is 10.2. The molecule has 0 aliphatic rings. The van der Waals surface area contributed by atoms with Crippen molar-refractivity contribution in [2.24, 2.45) is 23.3 Å². The molecule has 30 heteroatoms. The number of aliphatic hydroxyl groups excluding tert-OH is 2. The Kier molecular flexibility index (Phi) is 29.3. The van der Waals surface area contributed by atoms with E-state index < -0.39 is 194 Å². The number of rotatable bonds is 35. The summed E-state index contributed by atoms with van der Waals surface area (Å²) >= 11 is 4.04. The van der Waals surface area contributed by atoms with Gasteiger partial charge in [-0.2, -0.15) is 12.6 Å². The maximum absolute atomic E-state index is 13.6. The summed E-state index contributed by atoms with van der Waals surface area (Å²) in [6, 6.07) is -15.4. The highest BCUT2D eigenvalue weighted by atomic mass is 32.1. The van der Waals surface area contributed by atoms with Gasteiger partial charge in [-0.1, -0.05) is 27.7 Å². The number of aliphatic carboxylic acids is 4. The molecule has 408 valence electrons. The van der Waals surface area contributed by atoms with Crippen LogP contribution in [0.2, 0.25) is 0 Å². The SMILES string of the molecule is CC(C)C[C@H](NC(=O)[C@H](CCC(=O)O)NC(=O)[C@H](CCC(=O)O)NC(=O)[C@H](CS)NC(=O)[C@@H](NC(=O)[C@H](CC(=O)O)NC(=O)[C@H](CCC(N)=O)NC(=O)[C@H](CC(C)C)NC(=O)[C@@H](N)[C@@H](C)O)[C@@H](C)O)C(=O)O. The second kappa shape index (κ2) is 32.3. The Labute approximate surface area is 419 Å². The molecular weight excluding hydrogens is 981 g/mol. The molecular formula is C42H70N10O19S. The molecule has 0 aromatic heterocycles. The summed E-state index contributed by atoms with van der Waals surface area (Å²) < 4.78 is 0. The van der Waals surface area contributed by atoms with E-state index in [1.807, 2.05) is 0 Å². The van der Waals surface area contributed by atoms with Crippen molar-refractivity contribution in [1.29, 1.82) is 0 Å². The van der Waals surface area contributed by atoms with E-state index >= 15 is 0 Å². The lowest BCUT2D eigenvalue weighted by Gasteiger charge is -2.28. The number of primary amides is 1. The zero-order chi connectivity index (χ0) is 55.7. The Bertz CT molecular complexity index is 1950. The molecule has 11 atom stereocenters. The summed E-state index contributed by atoms with van der Waals surface area (Å²) in [5.74, 6) is -17.4. The first kappa shape index (κ1) is 65.3. The summed E-state index contributed by atoms with van der Waals surface area (Å²) in [6.07, 6.45) is -8.15. The average molecular weight is 1050 g/mol. The van der Waals surface area contributed by atoms with Crippen LogP contribution >= 0.6 is 12.6 Å². The van der Waals surface area contributed by atoms with Crippen LogP contribution in [0.15, 0.2) is 0 Å². The van der Waals surface area contributed by atoms with E-state index in [0.717, 1.165) is 6.92 Å². The molecule has 0 aromatic rings. The van der Waals surface area contributed by atoms with E-state index in [2.05, 4.69) is 55.2 Å². The number of thiol groups is 1. The molecule has 0 bridgehead atoms. The smallest absolute Gasteiger partial charge is 0.326 e. The molecule has 0 aliphatic heterocycles. The summed E-state index contributed by atoms with van der Waals surface area (Å²) in [5.41, 5.74) is 11.0. The van der Waals surface area contributed by atoms with Crippen molar-refractivity contribution >= 4 is 89.7 Å². The van der Waals surface area contributed by atoms with Crippen molar-refractivity contribution in [1.82, 2.24) is 42.5 Å². The van der Waals surface area contributed by atoms with Gasteiger partial charge in [-0.15, -0.1) is 0 Å². The molecule has 9 amide bonds. The van der Waals surface area contributed by atoms with Crippen LogP contribution in [0.5, 0.6) is 0 Å². The zero-order valence-corrected chi connectivity index (χ0v) is 41.6. The largest absolute Gasteiger partial charge is 0.481 e. The predicted octanol–water partition coefficient (Wildman–Crippen LogP) is -5.47. The van der Waals surface area contributed by atoms with Gasteiger partial charge in [-0.05, 0) is 57.8 Å². The number of carboxylic acid groups (broad SMARTS) is 4. The third-order valence-corrected chi connectivity index (χ3v) is 10.6. The van der Waals surface area contributed by atoms with Crippen LogP contribution in [-0.2, 0) is 62.3 Å². The van der Waals surface area contributed by atoms with Crippen molar-refractivity contribution in [3.63, 3.8) is 0 Å². The van der Waals surface area contributed by atoms with E-state index in [4.69, 9.17) is 11.5 Å². The van der Waals surface area contributed by atoms with E-state index in [-0.39, 0.29) is 24.7 Å². The van der Waals surface area contributed by atoms with Gasteiger partial charge in [0.1, 0.15) is 54.4 Å². The van der Waals surface area contributed by atoms with Crippen molar-refractivity contribution in [2.45, 2.75) is 166 Å². The normalized spacial score (nSPS) is 15.7. The maximum atomic E-state index is 13.6. The number of nitrogens with one attached hydrogen (secondary N) is 8. The van der Waals surface area contributed by atoms with Crippen LogP contribution in [0.3, 0.4) is 0 Å². The maximum Gasteiger partial charge on any atom is 0.326 e. The molecule has 0 saturated carbocycles. The second-order valence-corrected chi connectivity index (χ2v) is 18.0. The molecule has 0 fully saturated rings. The van der Waals surface area contributed by atoms with Gasteiger partial charge in [0.15, 0.2) is 0 Å². The third kappa shape index (κ3) is 25.5. The summed E-state index contributed by atoms with van der Waals surface area (Å²) in [6.45, 7) is 8.93. The second-order valence-electron chi connectivity index (χ2n) is 17.7. The molecule has 0 spiro atoms. The van der Waals surface area contributed by atoms with Gasteiger partial charge < -0.3 is 84.6 Å². The summed E-state index contributed by atoms with van der Waals surface area (Å²) in [7, 11) is 0. The van der Waals surface area contributed by atoms with Crippen LogP contribution < -0.4 is 54.0 Å². The minimum atomic E-state index is -2.07. The summed E-state index contributed by atoms with van der Waals surface area (Å²) in [5, 5.41) is 75.8. The number of amides is 9. The molecule has 72 heavy (non-hydrogen) atoms. The van der Waals surface area contributed by atoms with Crippen molar-refractivity contribution < 1.29 is 93.0 Å². The Balaban J connectivity index is 6.55. The topological polar surface area (TPSA) is 492 Å². The van der Waals surface area contributed by atoms with E-state index in [9.17, 15) is 93.0 Å². The van der Waals surface area contributed by atoms with Gasteiger partial charge in [0.25, 0.3) is 0 Å². The van der Waals surface area contributed by atoms with Crippen molar-refractivity contribution in [3.05, 3.63) is 0 Å². The van der Waals surface area contributed by atoms with Crippen molar-refractivity contribution in [2.75, 3.05) is 5.75 Å². The number of hydrogen-bond acceptors (Lipinski definition) is 17. The van der Waals surface area contributed by atoms with Gasteiger partial charge in [-0.25, -0.2) is 4.79 Å². The number of aliphatic hydroxyl groups is 2. The Morgan fingerprint density at radius 3 is 1.14 bits per heavy atom. The van der Waals surface area contributed by atoms with Crippen LogP contribution in [0.1, 0.15) is 99.3 Å². The predicted molar refractivity (Wildman–Crippen MR) is 252 cm³/mol. The van der Waals surface area contributed by atoms with Crippen LogP contribution in [0, 0.1) is 11.8 Å². The van der Waals surface area contributed by atoms with Crippen LogP contribution in [0.4, 0.5) is 0 Å². The minimum Gasteiger partial charge on any atom is -0.481 e. The van der Waals surface area contributed by atoms with E-state index in [1.165, 1.54) is 6.92 Å². The van der Waals surface area contributed by atoms with Gasteiger partial charge in [0.2, 0.25) is 53.2 Å². The van der Waals surface area contributed by atoms with E-state index in [0.29, 0.717) is 0 Å². The molecule has 29 nitrogen and oxygen atoms in total. The fraction of sp³-hybridized carbons (Fsp3) is 0.690. The fourth-order valence-corrected chi connectivity index (χ4v) is 6.63. The van der Waals surface area contributed by atoms with Crippen LogP contribution in [-0.4, -0.2) is 180 Å². The van der Waals surface area contributed by atoms with Crippen molar-refractivity contribution in [3.8, 4) is 0 Å². The number of hydrogen-bond donors (Lipinski definition) is 17. The lowest BCUT2D eigenvalue weighted by atomic mass is 10.0. The van der Waals surface area contributed by atoms with Gasteiger partial charge in [0, 0.05) is 25.0 Å². The fourth-order valence-electron chi connectivity index (χ4n) is 6.37. The highest BCUT2D eigenvalue weighted by molar-refractivity contribution is 7.80. The number of carboxylic acids is 4. The number of carbonyl (C=O) groups excluding carboxylic acids is 9. The first-order valence-corrected chi connectivity index (χ1v) is 23.3. The Morgan fingerprint density at radius 2 is 0.778 bits per heavy atom. The minimum absolute atomic E-state index is 0.0230. The first-order valence-electron chi connectivity index (χ1n) is 22.6. The molecule has 0 aromatic carbocycles. The molecule has 0 radical (unpaired) electrons. The van der Waals surface area contributed by atoms with E-state index in [1.54, 1.807) is 27.7 Å². The van der Waals surface area contributed by atoms with Gasteiger partial charge in [0.05, 0.1) is 18.6 Å². The summed E-state index contributed by atoms with van der Waals surface area (Å²) in [4.78, 5) is 165. The van der Waals surface area contributed by atoms with Crippen LogP contribution in [0.25, 0.3) is 0 Å².